The number of fused-ring (bicyclic) bond motifs is 1. The van der Waals surface area contributed by atoms with Crippen LogP contribution in [0.15, 0.2) is 49.1 Å². The molecule has 1 aromatic carbocycles. The van der Waals surface area contributed by atoms with E-state index >= 15 is 0 Å². The molecule has 1 fully saturated rings. The van der Waals surface area contributed by atoms with Crippen LogP contribution in [0.25, 0.3) is 0 Å². The first-order chi connectivity index (χ1) is 11.2. The molecule has 0 bridgehead atoms. The van der Waals surface area contributed by atoms with Gasteiger partial charge in [-0.05, 0) is 48.4 Å². The summed E-state index contributed by atoms with van der Waals surface area (Å²) >= 11 is 0. The lowest BCUT2D eigenvalue weighted by Crippen LogP contribution is -2.16. The van der Waals surface area contributed by atoms with E-state index in [1.54, 1.807) is 12.4 Å². The Morgan fingerprint density at radius 3 is 2.61 bits per heavy atom. The SMILES string of the molecule is C=C1Nc2ccc([C@H]3CC[C@H](C)CC3)cc2N1c1ncccn1. The molecule has 0 atom stereocenters. The van der Waals surface area contributed by atoms with Gasteiger partial charge in [0.05, 0.1) is 11.4 Å². The van der Waals surface area contributed by atoms with Gasteiger partial charge in [0.2, 0.25) is 5.95 Å². The molecule has 2 aromatic rings. The highest BCUT2D eigenvalue weighted by molar-refractivity contribution is 5.85. The van der Waals surface area contributed by atoms with Crippen molar-refractivity contribution in [3.8, 4) is 0 Å². The van der Waals surface area contributed by atoms with Gasteiger partial charge >= 0.3 is 0 Å². The highest BCUT2D eigenvalue weighted by Crippen LogP contribution is 2.43. The Morgan fingerprint density at radius 1 is 1.13 bits per heavy atom. The summed E-state index contributed by atoms with van der Waals surface area (Å²) in [6.45, 7) is 6.48. The molecule has 23 heavy (non-hydrogen) atoms. The predicted octanol–water partition coefficient (Wildman–Crippen LogP) is 4.81. The lowest BCUT2D eigenvalue weighted by atomic mass is 9.79. The molecule has 4 nitrogen and oxygen atoms in total. The van der Waals surface area contributed by atoms with Gasteiger partial charge in [-0.25, -0.2) is 9.97 Å². The largest absolute Gasteiger partial charge is 0.340 e. The molecule has 0 amide bonds. The smallest absolute Gasteiger partial charge is 0.235 e. The Hall–Kier alpha value is -2.36. The van der Waals surface area contributed by atoms with E-state index in [1.165, 1.54) is 31.2 Å². The average molecular weight is 306 g/mol. The van der Waals surface area contributed by atoms with Crippen LogP contribution in [0.3, 0.4) is 0 Å². The van der Waals surface area contributed by atoms with Gasteiger partial charge in [-0.1, -0.05) is 32.4 Å². The van der Waals surface area contributed by atoms with Crippen LogP contribution >= 0.6 is 0 Å². The summed E-state index contributed by atoms with van der Waals surface area (Å²) in [5, 5.41) is 3.33. The van der Waals surface area contributed by atoms with E-state index in [4.69, 9.17) is 0 Å². The number of nitrogens with one attached hydrogen (secondary N) is 1. The van der Waals surface area contributed by atoms with E-state index in [0.29, 0.717) is 11.9 Å². The standard InChI is InChI=1S/C19H22N4/c1-13-4-6-15(7-5-13)16-8-9-17-18(12-16)23(14(2)22-17)19-20-10-3-11-21-19/h3,8-13,15,22H,2,4-7H2,1H3/t13-,15-. The Bertz CT molecular complexity index is 717. The fourth-order valence-corrected chi connectivity index (χ4v) is 3.68. The average Bonchev–Trinajstić information content (AvgIpc) is 2.91. The predicted molar refractivity (Wildman–Crippen MR) is 93.7 cm³/mol. The van der Waals surface area contributed by atoms with Crippen molar-refractivity contribution in [1.29, 1.82) is 0 Å². The third kappa shape index (κ3) is 2.58. The van der Waals surface area contributed by atoms with Crippen LogP contribution in [0.5, 0.6) is 0 Å². The van der Waals surface area contributed by atoms with E-state index in [2.05, 4.69) is 47.0 Å². The zero-order valence-electron chi connectivity index (χ0n) is 13.5. The topological polar surface area (TPSA) is 41.0 Å². The van der Waals surface area contributed by atoms with E-state index < -0.39 is 0 Å². The second kappa shape index (κ2) is 5.69. The minimum absolute atomic E-state index is 0.665. The number of nitrogens with zero attached hydrogens (tertiary/aromatic N) is 3. The number of benzene rings is 1. The third-order valence-corrected chi connectivity index (χ3v) is 5.05. The molecule has 1 aromatic heterocycles. The van der Waals surface area contributed by atoms with Gasteiger partial charge in [-0.2, -0.15) is 0 Å². The molecule has 0 saturated heterocycles. The van der Waals surface area contributed by atoms with Gasteiger partial charge in [-0.15, -0.1) is 0 Å². The van der Waals surface area contributed by atoms with Gasteiger partial charge in [0.15, 0.2) is 0 Å². The summed E-state index contributed by atoms with van der Waals surface area (Å²) in [5.74, 6) is 3.01. The van der Waals surface area contributed by atoms with Gasteiger partial charge in [0.25, 0.3) is 0 Å². The molecule has 0 unspecified atom stereocenters. The van der Waals surface area contributed by atoms with Gasteiger partial charge in [0, 0.05) is 12.4 Å². The van der Waals surface area contributed by atoms with Crippen LogP contribution in [0.2, 0.25) is 0 Å². The van der Waals surface area contributed by atoms with Crippen LogP contribution in [0.4, 0.5) is 17.3 Å². The molecular weight excluding hydrogens is 284 g/mol. The number of hydrogen-bond acceptors (Lipinski definition) is 4. The zero-order chi connectivity index (χ0) is 15.8. The summed E-state index contributed by atoms with van der Waals surface area (Å²) in [7, 11) is 0. The molecular formula is C19H22N4. The second-order valence-electron chi connectivity index (χ2n) is 6.69. The van der Waals surface area contributed by atoms with Crippen molar-refractivity contribution in [2.24, 2.45) is 5.92 Å². The van der Waals surface area contributed by atoms with Crippen LogP contribution < -0.4 is 10.2 Å². The molecule has 4 rings (SSSR count). The maximum absolute atomic E-state index is 4.38. The summed E-state index contributed by atoms with van der Waals surface area (Å²) in [6, 6.07) is 8.54. The summed E-state index contributed by atoms with van der Waals surface area (Å²) in [4.78, 5) is 10.8. The van der Waals surface area contributed by atoms with E-state index in [0.717, 1.165) is 23.1 Å². The molecule has 1 aliphatic carbocycles. The summed E-state index contributed by atoms with van der Waals surface area (Å²) < 4.78 is 0. The van der Waals surface area contributed by atoms with Crippen molar-refractivity contribution in [2.75, 3.05) is 10.2 Å². The zero-order valence-corrected chi connectivity index (χ0v) is 13.5. The van der Waals surface area contributed by atoms with Crippen molar-refractivity contribution in [1.82, 2.24) is 9.97 Å². The van der Waals surface area contributed by atoms with E-state index in [-0.39, 0.29) is 0 Å². The first kappa shape index (κ1) is 14.2. The molecule has 0 radical (unpaired) electrons. The second-order valence-corrected chi connectivity index (χ2v) is 6.69. The van der Waals surface area contributed by atoms with Crippen molar-refractivity contribution >= 4 is 17.3 Å². The molecule has 1 saturated carbocycles. The number of anilines is 3. The third-order valence-electron chi connectivity index (χ3n) is 5.05. The van der Waals surface area contributed by atoms with Crippen LogP contribution in [-0.4, -0.2) is 9.97 Å². The molecule has 1 N–H and O–H groups in total. The van der Waals surface area contributed by atoms with Crippen molar-refractivity contribution in [3.63, 3.8) is 0 Å². The molecule has 118 valence electrons. The fraction of sp³-hybridized carbons (Fsp3) is 0.368. The Labute approximate surface area is 137 Å². The van der Waals surface area contributed by atoms with Crippen LogP contribution in [0, 0.1) is 5.92 Å². The first-order valence-corrected chi connectivity index (χ1v) is 8.39. The number of aromatic nitrogens is 2. The normalized spacial score (nSPS) is 23.5. The highest BCUT2D eigenvalue weighted by atomic mass is 15.4. The lowest BCUT2D eigenvalue weighted by Gasteiger charge is -2.27. The monoisotopic (exact) mass is 306 g/mol. The van der Waals surface area contributed by atoms with Crippen molar-refractivity contribution in [2.45, 2.75) is 38.5 Å². The molecule has 2 aliphatic rings. The maximum Gasteiger partial charge on any atom is 0.235 e. The van der Waals surface area contributed by atoms with Crippen LogP contribution in [-0.2, 0) is 0 Å². The molecule has 0 spiro atoms. The van der Waals surface area contributed by atoms with Crippen molar-refractivity contribution in [3.05, 3.63) is 54.6 Å². The first-order valence-electron chi connectivity index (χ1n) is 8.39. The summed E-state index contributed by atoms with van der Waals surface area (Å²) in [5.41, 5.74) is 3.61. The Morgan fingerprint density at radius 2 is 1.87 bits per heavy atom. The molecule has 4 heteroatoms. The minimum atomic E-state index is 0.665. The highest BCUT2D eigenvalue weighted by Gasteiger charge is 2.28. The maximum atomic E-state index is 4.38. The minimum Gasteiger partial charge on any atom is -0.340 e. The Kier molecular flexibility index (Phi) is 3.52. The van der Waals surface area contributed by atoms with Gasteiger partial charge in [-0.3, -0.25) is 4.90 Å². The van der Waals surface area contributed by atoms with Crippen LogP contribution in [0.1, 0.15) is 44.1 Å². The molecule has 1 aliphatic heterocycles. The van der Waals surface area contributed by atoms with E-state index in [9.17, 15) is 0 Å². The summed E-state index contributed by atoms with van der Waals surface area (Å²) in [6.07, 6.45) is 8.77. The van der Waals surface area contributed by atoms with Crippen molar-refractivity contribution < 1.29 is 0 Å². The number of hydrogen-bond donors (Lipinski definition) is 1. The Balaban J connectivity index is 1.68. The van der Waals surface area contributed by atoms with Gasteiger partial charge < -0.3 is 5.32 Å². The number of rotatable bonds is 2. The lowest BCUT2D eigenvalue weighted by molar-refractivity contribution is 0.348. The fourth-order valence-electron chi connectivity index (χ4n) is 3.68. The van der Waals surface area contributed by atoms with E-state index in [1.807, 2.05) is 11.0 Å². The molecule has 2 heterocycles. The quantitative estimate of drug-likeness (QED) is 0.865. The van der Waals surface area contributed by atoms with Gasteiger partial charge in [0.1, 0.15) is 5.82 Å².